The smallest absolute Gasteiger partial charge is 0.241 e. The monoisotopic (exact) mass is 326 g/mol. The van der Waals surface area contributed by atoms with Gasteiger partial charge in [-0.05, 0) is 43.5 Å². The highest BCUT2D eigenvalue weighted by Gasteiger charge is 2.18. The van der Waals surface area contributed by atoms with Crippen molar-refractivity contribution in [2.75, 3.05) is 0 Å². The van der Waals surface area contributed by atoms with Crippen molar-refractivity contribution < 1.29 is 13.5 Å². The molecule has 0 bridgehead atoms. The lowest BCUT2D eigenvalue weighted by Crippen LogP contribution is -2.24. The van der Waals surface area contributed by atoms with Gasteiger partial charge < -0.3 is 5.11 Å². The molecule has 2 N–H and O–H groups in total. The van der Waals surface area contributed by atoms with E-state index in [1.807, 2.05) is 13.8 Å². The number of thiazole rings is 1. The van der Waals surface area contributed by atoms with Gasteiger partial charge in [-0.2, -0.15) is 0 Å². The molecule has 7 heteroatoms. The molecule has 21 heavy (non-hydrogen) atoms. The number of nitrogens with zero attached hydrogens (tertiary/aromatic N) is 1. The Hall–Kier alpha value is -1.28. The van der Waals surface area contributed by atoms with E-state index in [2.05, 4.69) is 9.71 Å². The van der Waals surface area contributed by atoms with Crippen LogP contribution in [0.1, 0.15) is 26.6 Å². The van der Waals surface area contributed by atoms with Crippen LogP contribution in [0.5, 0.6) is 0 Å². The number of aliphatic hydroxyl groups is 1. The number of benzene rings is 1. The minimum absolute atomic E-state index is 0.169. The Balaban J connectivity index is 2.27. The Bertz CT molecular complexity index is 752. The number of nitrogens with one attached hydrogen (secondary N) is 1. The molecule has 5 nitrogen and oxygen atoms in total. The largest absolute Gasteiger partial charge is 0.392 e. The van der Waals surface area contributed by atoms with Crippen LogP contribution in [-0.4, -0.2) is 18.5 Å². The number of hydrogen-bond donors (Lipinski definition) is 2. The predicted octanol–water partition coefficient (Wildman–Crippen LogP) is 2.04. The van der Waals surface area contributed by atoms with E-state index in [1.165, 1.54) is 17.4 Å². The van der Waals surface area contributed by atoms with Crippen molar-refractivity contribution in [2.24, 2.45) is 0 Å². The van der Waals surface area contributed by atoms with Crippen LogP contribution in [0.4, 0.5) is 0 Å². The molecule has 0 unspecified atom stereocenters. The molecule has 2 aromatic rings. The van der Waals surface area contributed by atoms with Crippen molar-refractivity contribution >= 4 is 21.4 Å². The second kappa shape index (κ2) is 6.23. The van der Waals surface area contributed by atoms with Crippen LogP contribution in [0.2, 0.25) is 0 Å². The van der Waals surface area contributed by atoms with Gasteiger partial charge in [0.15, 0.2) is 0 Å². The number of aliphatic hydroxyl groups excluding tert-OH is 1. The Labute approximate surface area is 128 Å². The highest BCUT2D eigenvalue weighted by atomic mass is 32.2. The van der Waals surface area contributed by atoms with Gasteiger partial charge in [0.2, 0.25) is 10.0 Å². The summed E-state index contributed by atoms with van der Waals surface area (Å²) in [4.78, 5) is 5.37. The molecular formula is C14H18N2O3S2. The molecule has 0 atom stereocenters. The highest BCUT2D eigenvalue weighted by molar-refractivity contribution is 7.89. The zero-order valence-electron chi connectivity index (χ0n) is 12.2. The highest BCUT2D eigenvalue weighted by Crippen LogP contribution is 2.21. The molecule has 1 aromatic carbocycles. The third-order valence-corrected chi connectivity index (χ3v) is 5.63. The average Bonchev–Trinajstić information content (AvgIpc) is 2.82. The summed E-state index contributed by atoms with van der Waals surface area (Å²) < 4.78 is 27.3. The molecule has 0 saturated carbocycles. The Morgan fingerprint density at radius 3 is 2.52 bits per heavy atom. The van der Waals surface area contributed by atoms with Crippen molar-refractivity contribution in [3.8, 4) is 0 Å². The van der Waals surface area contributed by atoms with Crippen molar-refractivity contribution in [3.05, 3.63) is 44.9 Å². The molecular weight excluding hydrogens is 308 g/mol. The van der Waals surface area contributed by atoms with Crippen LogP contribution in [0.3, 0.4) is 0 Å². The summed E-state index contributed by atoms with van der Waals surface area (Å²) in [6.45, 7) is 5.51. The number of sulfonamides is 1. The van der Waals surface area contributed by atoms with E-state index in [9.17, 15) is 13.5 Å². The molecule has 1 heterocycles. The molecule has 0 aliphatic rings. The van der Waals surface area contributed by atoms with Gasteiger partial charge in [-0.3, -0.25) is 0 Å². The lowest BCUT2D eigenvalue weighted by Gasteiger charge is -2.12. The number of rotatable bonds is 5. The number of aromatic nitrogens is 1. The maximum atomic E-state index is 12.4. The standard InChI is InChI=1S/C14H18N2O3S2/c1-9-4-10(2)13(5-12(9)8-17)21(18,19)16-7-14-15-6-11(3)20-14/h4-6,16-17H,7-8H2,1-3H3. The lowest BCUT2D eigenvalue weighted by atomic mass is 10.1. The second-order valence-electron chi connectivity index (χ2n) is 4.89. The van der Waals surface area contributed by atoms with Crippen LogP contribution in [0.15, 0.2) is 23.2 Å². The first-order valence-corrected chi connectivity index (χ1v) is 8.75. The van der Waals surface area contributed by atoms with E-state index in [1.54, 1.807) is 19.2 Å². The molecule has 1 aromatic heterocycles. The van der Waals surface area contributed by atoms with Crippen LogP contribution in [0, 0.1) is 20.8 Å². The van der Waals surface area contributed by atoms with E-state index in [0.29, 0.717) is 11.1 Å². The zero-order valence-corrected chi connectivity index (χ0v) is 13.8. The summed E-state index contributed by atoms with van der Waals surface area (Å²) in [5.41, 5.74) is 2.16. The van der Waals surface area contributed by atoms with E-state index in [4.69, 9.17) is 0 Å². The minimum atomic E-state index is -3.62. The normalized spacial score (nSPS) is 11.8. The van der Waals surface area contributed by atoms with E-state index >= 15 is 0 Å². The maximum absolute atomic E-state index is 12.4. The van der Waals surface area contributed by atoms with Gasteiger partial charge in [0, 0.05) is 11.1 Å². The fourth-order valence-corrected chi connectivity index (χ4v) is 4.13. The summed E-state index contributed by atoms with van der Waals surface area (Å²) >= 11 is 1.46. The van der Waals surface area contributed by atoms with Gasteiger partial charge in [0.25, 0.3) is 0 Å². The first-order chi connectivity index (χ1) is 9.83. The van der Waals surface area contributed by atoms with E-state index in [-0.39, 0.29) is 18.0 Å². The minimum Gasteiger partial charge on any atom is -0.392 e. The molecule has 0 amide bonds. The molecule has 0 aliphatic carbocycles. The van der Waals surface area contributed by atoms with Gasteiger partial charge in [-0.1, -0.05) is 6.07 Å². The van der Waals surface area contributed by atoms with Gasteiger partial charge in [-0.25, -0.2) is 18.1 Å². The van der Waals surface area contributed by atoms with Crippen LogP contribution in [0.25, 0.3) is 0 Å². The summed E-state index contributed by atoms with van der Waals surface area (Å²) in [6, 6.07) is 3.30. The SMILES string of the molecule is Cc1cnc(CNS(=O)(=O)c2cc(CO)c(C)cc2C)s1. The van der Waals surface area contributed by atoms with E-state index in [0.717, 1.165) is 15.4 Å². The molecule has 0 fully saturated rings. The Morgan fingerprint density at radius 2 is 1.95 bits per heavy atom. The molecule has 0 spiro atoms. The summed E-state index contributed by atoms with van der Waals surface area (Å²) in [6.07, 6.45) is 1.72. The third-order valence-electron chi connectivity index (χ3n) is 3.18. The Kier molecular flexibility index (Phi) is 4.77. The fourth-order valence-electron chi connectivity index (χ4n) is 2.05. The zero-order chi connectivity index (χ0) is 15.6. The predicted molar refractivity (Wildman–Crippen MR) is 82.7 cm³/mol. The van der Waals surface area contributed by atoms with Gasteiger partial charge in [-0.15, -0.1) is 11.3 Å². The quantitative estimate of drug-likeness (QED) is 0.881. The fraction of sp³-hybridized carbons (Fsp3) is 0.357. The van der Waals surface area contributed by atoms with Crippen molar-refractivity contribution in [3.63, 3.8) is 0 Å². The molecule has 114 valence electrons. The lowest BCUT2D eigenvalue weighted by molar-refractivity contribution is 0.280. The van der Waals surface area contributed by atoms with Crippen LogP contribution < -0.4 is 4.72 Å². The topological polar surface area (TPSA) is 79.3 Å². The molecule has 0 saturated heterocycles. The first-order valence-electron chi connectivity index (χ1n) is 6.45. The van der Waals surface area contributed by atoms with Crippen LogP contribution >= 0.6 is 11.3 Å². The first kappa shape index (κ1) is 16.1. The third kappa shape index (κ3) is 3.68. The average molecular weight is 326 g/mol. The summed E-state index contributed by atoms with van der Waals surface area (Å²) in [5.74, 6) is 0. The van der Waals surface area contributed by atoms with Gasteiger partial charge in [0.05, 0.1) is 18.0 Å². The molecule has 2 rings (SSSR count). The maximum Gasteiger partial charge on any atom is 0.241 e. The van der Waals surface area contributed by atoms with Crippen molar-refractivity contribution in [2.45, 2.75) is 38.8 Å². The van der Waals surface area contributed by atoms with Gasteiger partial charge in [0.1, 0.15) is 5.01 Å². The van der Waals surface area contributed by atoms with E-state index < -0.39 is 10.0 Å². The Morgan fingerprint density at radius 1 is 1.24 bits per heavy atom. The second-order valence-corrected chi connectivity index (χ2v) is 7.95. The van der Waals surface area contributed by atoms with Crippen molar-refractivity contribution in [1.82, 2.24) is 9.71 Å². The molecule has 0 radical (unpaired) electrons. The van der Waals surface area contributed by atoms with Crippen molar-refractivity contribution in [1.29, 1.82) is 0 Å². The van der Waals surface area contributed by atoms with Crippen LogP contribution in [-0.2, 0) is 23.2 Å². The van der Waals surface area contributed by atoms with Gasteiger partial charge >= 0.3 is 0 Å². The number of aryl methyl sites for hydroxylation is 3. The summed E-state index contributed by atoms with van der Waals surface area (Å²) in [5, 5.41) is 10.0. The molecule has 0 aliphatic heterocycles. The number of hydrogen-bond acceptors (Lipinski definition) is 5. The summed E-state index contributed by atoms with van der Waals surface area (Å²) in [7, 11) is -3.62.